The molecule has 0 spiro atoms. The number of amides is 1. The lowest BCUT2D eigenvalue weighted by atomic mass is 9.91. The van der Waals surface area contributed by atoms with Gasteiger partial charge in [0.05, 0.1) is 11.6 Å². The van der Waals surface area contributed by atoms with Gasteiger partial charge in [0.25, 0.3) is 0 Å². The Morgan fingerprint density at radius 2 is 2.29 bits per heavy atom. The van der Waals surface area contributed by atoms with E-state index >= 15 is 0 Å². The molecule has 3 nitrogen and oxygen atoms in total. The monoisotopic (exact) mass is 232 g/mol. The van der Waals surface area contributed by atoms with Gasteiger partial charge in [0, 0.05) is 18.5 Å². The normalized spacial score (nSPS) is 22.8. The third-order valence-corrected chi connectivity index (χ3v) is 3.07. The summed E-state index contributed by atoms with van der Waals surface area (Å²) >= 11 is 0. The van der Waals surface area contributed by atoms with Gasteiger partial charge < -0.3 is 0 Å². The second-order valence-electron chi connectivity index (χ2n) is 4.40. The molecule has 4 heteroatoms. The Hall–Kier alpha value is -1.89. The first-order valence-corrected chi connectivity index (χ1v) is 5.51. The SMILES string of the molecule is CC(=O)N1c2ccc(C#N)cc2CC(C)[C@@H]1F. The molecule has 0 radical (unpaired) electrons. The van der Waals surface area contributed by atoms with E-state index in [9.17, 15) is 9.18 Å². The summed E-state index contributed by atoms with van der Waals surface area (Å²) in [4.78, 5) is 12.7. The van der Waals surface area contributed by atoms with Gasteiger partial charge in [-0.2, -0.15) is 5.26 Å². The average molecular weight is 232 g/mol. The third-order valence-electron chi connectivity index (χ3n) is 3.07. The maximum atomic E-state index is 14.0. The van der Waals surface area contributed by atoms with Gasteiger partial charge in [0.1, 0.15) is 0 Å². The van der Waals surface area contributed by atoms with Gasteiger partial charge in [-0.15, -0.1) is 0 Å². The van der Waals surface area contributed by atoms with Crippen LogP contribution in [0.1, 0.15) is 25.0 Å². The Balaban J connectivity index is 2.53. The van der Waals surface area contributed by atoms with Crippen molar-refractivity contribution in [2.45, 2.75) is 26.6 Å². The van der Waals surface area contributed by atoms with Crippen LogP contribution in [0.4, 0.5) is 10.1 Å². The highest BCUT2D eigenvalue weighted by atomic mass is 19.1. The molecule has 0 N–H and O–H groups in total. The number of hydrogen-bond acceptors (Lipinski definition) is 2. The van der Waals surface area contributed by atoms with Crippen molar-refractivity contribution >= 4 is 11.6 Å². The fraction of sp³-hybridized carbons (Fsp3) is 0.385. The molecule has 2 rings (SSSR count). The molecule has 0 aliphatic carbocycles. The molecule has 1 amide bonds. The molecular weight excluding hydrogens is 219 g/mol. The molecule has 0 fully saturated rings. The van der Waals surface area contributed by atoms with Gasteiger partial charge in [-0.25, -0.2) is 4.39 Å². The minimum atomic E-state index is -1.28. The topological polar surface area (TPSA) is 44.1 Å². The fourth-order valence-corrected chi connectivity index (χ4v) is 2.23. The van der Waals surface area contributed by atoms with Crippen LogP contribution in [0.25, 0.3) is 0 Å². The van der Waals surface area contributed by atoms with Gasteiger partial charge in [-0.3, -0.25) is 9.69 Å². The van der Waals surface area contributed by atoms with Gasteiger partial charge in [-0.05, 0) is 30.2 Å². The van der Waals surface area contributed by atoms with Crippen molar-refractivity contribution in [1.29, 1.82) is 5.26 Å². The number of anilines is 1. The van der Waals surface area contributed by atoms with Crippen molar-refractivity contribution in [3.05, 3.63) is 29.3 Å². The second kappa shape index (κ2) is 4.17. The number of fused-ring (bicyclic) bond motifs is 1. The van der Waals surface area contributed by atoms with Crippen LogP contribution >= 0.6 is 0 Å². The molecule has 1 aliphatic rings. The van der Waals surface area contributed by atoms with Gasteiger partial charge in [0.2, 0.25) is 5.91 Å². The number of benzene rings is 1. The number of hydrogen-bond donors (Lipinski definition) is 0. The van der Waals surface area contributed by atoms with E-state index in [1.807, 2.05) is 6.07 Å². The van der Waals surface area contributed by atoms with Gasteiger partial charge in [0.15, 0.2) is 6.30 Å². The van der Waals surface area contributed by atoms with E-state index in [1.165, 1.54) is 11.8 Å². The van der Waals surface area contributed by atoms with E-state index in [4.69, 9.17) is 5.26 Å². The van der Waals surface area contributed by atoms with Crippen molar-refractivity contribution in [3.63, 3.8) is 0 Å². The smallest absolute Gasteiger partial charge is 0.226 e. The van der Waals surface area contributed by atoms with E-state index in [2.05, 4.69) is 0 Å². The fourth-order valence-electron chi connectivity index (χ4n) is 2.23. The van der Waals surface area contributed by atoms with E-state index < -0.39 is 6.30 Å². The molecular formula is C13H13FN2O. The predicted octanol–water partition coefficient (Wildman–Crippen LogP) is 2.40. The van der Waals surface area contributed by atoms with Crippen LogP contribution in [0.3, 0.4) is 0 Å². The van der Waals surface area contributed by atoms with Crippen molar-refractivity contribution in [2.24, 2.45) is 5.92 Å². The third kappa shape index (κ3) is 1.89. The minimum absolute atomic E-state index is 0.250. The molecule has 17 heavy (non-hydrogen) atoms. The highest BCUT2D eigenvalue weighted by molar-refractivity contribution is 5.93. The Morgan fingerprint density at radius 3 is 2.88 bits per heavy atom. The Bertz CT molecular complexity index is 507. The molecule has 1 aromatic rings. The maximum absolute atomic E-state index is 14.0. The summed E-state index contributed by atoms with van der Waals surface area (Å²) in [6, 6.07) is 7.03. The standard InChI is InChI=1S/C13H13FN2O/c1-8-5-11-6-10(7-15)3-4-12(11)16(9(2)17)13(8)14/h3-4,6,8,13H,5H2,1-2H3/t8?,13-/m1/s1. The molecule has 0 saturated carbocycles. The number of rotatable bonds is 0. The van der Waals surface area contributed by atoms with Crippen molar-refractivity contribution in [2.75, 3.05) is 4.90 Å². The number of halogens is 1. The van der Waals surface area contributed by atoms with Crippen LogP contribution in [0, 0.1) is 17.2 Å². The molecule has 1 heterocycles. The molecule has 0 bridgehead atoms. The van der Waals surface area contributed by atoms with E-state index in [-0.39, 0.29) is 11.8 Å². The van der Waals surface area contributed by atoms with Crippen molar-refractivity contribution < 1.29 is 9.18 Å². The quantitative estimate of drug-likeness (QED) is 0.645. The Labute approximate surface area is 99.5 Å². The predicted molar refractivity (Wildman–Crippen MR) is 62.1 cm³/mol. The lowest BCUT2D eigenvalue weighted by molar-refractivity contribution is -0.118. The van der Waals surface area contributed by atoms with E-state index in [0.29, 0.717) is 17.7 Å². The van der Waals surface area contributed by atoms with E-state index in [1.54, 1.807) is 25.1 Å². The first-order valence-electron chi connectivity index (χ1n) is 5.51. The number of carbonyl (C=O) groups excluding carboxylic acids is 1. The molecule has 0 aromatic heterocycles. The summed E-state index contributed by atoms with van der Waals surface area (Å²) in [7, 11) is 0. The molecule has 2 atom stereocenters. The highest BCUT2D eigenvalue weighted by Crippen LogP contribution is 2.35. The van der Waals surface area contributed by atoms with Crippen LogP contribution < -0.4 is 4.90 Å². The zero-order chi connectivity index (χ0) is 12.6. The van der Waals surface area contributed by atoms with Gasteiger partial charge in [-0.1, -0.05) is 6.92 Å². The molecule has 1 unspecified atom stereocenters. The van der Waals surface area contributed by atoms with Crippen LogP contribution in [-0.2, 0) is 11.2 Å². The Kier molecular flexibility index (Phi) is 2.84. The molecule has 0 saturated heterocycles. The first-order chi connectivity index (χ1) is 8.04. The molecule has 1 aliphatic heterocycles. The van der Waals surface area contributed by atoms with Crippen molar-refractivity contribution in [1.82, 2.24) is 0 Å². The summed E-state index contributed by atoms with van der Waals surface area (Å²) < 4.78 is 14.0. The minimum Gasteiger partial charge on any atom is -0.281 e. The Morgan fingerprint density at radius 1 is 1.59 bits per heavy atom. The van der Waals surface area contributed by atoms with Crippen LogP contribution in [0.15, 0.2) is 18.2 Å². The number of alkyl halides is 1. The largest absolute Gasteiger partial charge is 0.281 e. The summed E-state index contributed by atoms with van der Waals surface area (Å²) in [5.41, 5.74) is 1.99. The first kappa shape index (κ1) is 11.6. The van der Waals surface area contributed by atoms with Crippen molar-refractivity contribution in [3.8, 4) is 6.07 Å². The number of nitrogens with zero attached hydrogens (tertiary/aromatic N) is 2. The lowest BCUT2D eigenvalue weighted by Crippen LogP contribution is -2.44. The molecule has 1 aromatic carbocycles. The summed E-state index contributed by atoms with van der Waals surface area (Å²) in [6.45, 7) is 3.12. The number of carbonyl (C=O) groups is 1. The van der Waals surface area contributed by atoms with Crippen LogP contribution in [-0.4, -0.2) is 12.2 Å². The van der Waals surface area contributed by atoms with Gasteiger partial charge >= 0.3 is 0 Å². The maximum Gasteiger partial charge on any atom is 0.226 e. The summed E-state index contributed by atoms with van der Waals surface area (Å²) in [5, 5.41) is 8.83. The summed E-state index contributed by atoms with van der Waals surface area (Å²) in [6.07, 6.45) is -0.733. The van der Waals surface area contributed by atoms with E-state index in [0.717, 1.165) is 5.56 Å². The highest BCUT2D eigenvalue weighted by Gasteiger charge is 2.34. The van der Waals surface area contributed by atoms with Crippen LogP contribution in [0.2, 0.25) is 0 Å². The average Bonchev–Trinajstić information content (AvgIpc) is 2.29. The van der Waals surface area contributed by atoms with Crippen LogP contribution in [0.5, 0.6) is 0 Å². The zero-order valence-corrected chi connectivity index (χ0v) is 9.77. The lowest BCUT2D eigenvalue weighted by Gasteiger charge is -2.35. The summed E-state index contributed by atoms with van der Waals surface area (Å²) in [5.74, 6) is -0.560. The number of nitriles is 1. The zero-order valence-electron chi connectivity index (χ0n) is 9.77. The second-order valence-corrected chi connectivity index (χ2v) is 4.40. The molecule has 88 valence electrons.